The van der Waals surface area contributed by atoms with Crippen LogP contribution in [0.1, 0.15) is 73.1 Å². The lowest BCUT2D eigenvalue weighted by Crippen LogP contribution is -2.45. The molecule has 0 aliphatic heterocycles. The Hall–Kier alpha value is -0.600. The molecule has 0 amide bonds. The van der Waals surface area contributed by atoms with Crippen molar-refractivity contribution in [3.05, 3.63) is 23.3 Å². The molecule has 2 aliphatic rings. The molecular weight excluding hydrogens is 272 g/mol. The average Bonchev–Trinajstić information content (AvgIpc) is 2.70. The first-order valence-electron chi connectivity index (χ1n) is 8.92. The second-order valence-electron chi connectivity index (χ2n) is 8.35. The average molecular weight is 306 g/mol. The number of rotatable bonds is 1. The molecule has 0 spiro atoms. The highest BCUT2D eigenvalue weighted by Crippen LogP contribution is 2.56. The van der Waals surface area contributed by atoms with Gasteiger partial charge in [0.15, 0.2) is 0 Å². The van der Waals surface area contributed by atoms with E-state index in [0.29, 0.717) is 6.42 Å². The lowest BCUT2D eigenvalue weighted by molar-refractivity contribution is -0.0744. The van der Waals surface area contributed by atoms with E-state index in [-0.39, 0.29) is 17.3 Å². The van der Waals surface area contributed by atoms with E-state index in [9.17, 15) is 10.2 Å². The summed E-state index contributed by atoms with van der Waals surface area (Å²) in [5.41, 5.74) is 1.94. The van der Waals surface area contributed by atoms with Crippen LogP contribution in [0.25, 0.3) is 0 Å². The number of aliphatic hydroxyl groups excluding tert-OH is 1. The highest BCUT2D eigenvalue weighted by Gasteiger charge is 2.54. The zero-order valence-corrected chi connectivity index (χ0v) is 15.0. The maximum atomic E-state index is 11.3. The number of fused-ring (bicyclic) bond motifs is 1. The van der Waals surface area contributed by atoms with Crippen molar-refractivity contribution in [1.29, 1.82) is 0 Å². The molecule has 1 saturated carbocycles. The summed E-state index contributed by atoms with van der Waals surface area (Å²) >= 11 is 0. The van der Waals surface area contributed by atoms with Crippen molar-refractivity contribution in [2.24, 2.45) is 17.3 Å². The molecule has 2 rings (SSSR count). The van der Waals surface area contributed by atoms with E-state index < -0.39 is 11.7 Å². The SMILES string of the molecule is C/C1=C\C[C@@]2(C)CC[C@@](O)(C(C)C)[C@@H]2C[C@@H](O)/C(C)=C/CC1. The monoisotopic (exact) mass is 306 g/mol. The van der Waals surface area contributed by atoms with Gasteiger partial charge in [0.1, 0.15) is 0 Å². The quantitative estimate of drug-likeness (QED) is 0.694. The molecule has 0 unspecified atom stereocenters. The molecule has 22 heavy (non-hydrogen) atoms. The summed E-state index contributed by atoms with van der Waals surface area (Å²) in [6.45, 7) is 10.8. The highest BCUT2D eigenvalue weighted by molar-refractivity contribution is 5.14. The number of allylic oxidation sites excluding steroid dienone is 3. The second-order valence-corrected chi connectivity index (χ2v) is 8.35. The Kier molecular flexibility index (Phi) is 5.23. The Bertz CT molecular complexity index is 462. The van der Waals surface area contributed by atoms with Crippen LogP contribution < -0.4 is 0 Å². The van der Waals surface area contributed by atoms with E-state index in [1.165, 1.54) is 5.57 Å². The topological polar surface area (TPSA) is 40.5 Å². The zero-order valence-electron chi connectivity index (χ0n) is 15.0. The number of hydrogen-bond donors (Lipinski definition) is 2. The van der Waals surface area contributed by atoms with Gasteiger partial charge in [-0.2, -0.15) is 0 Å². The largest absolute Gasteiger partial charge is 0.389 e. The predicted octanol–water partition coefficient (Wildman–Crippen LogP) is 4.62. The van der Waals surface area contributed by atoms with Crippen molar-refractivity contribution >= 4 is 0 Å². The van der Waals surface area contributed by atoms with Crippen molar-refractivity contribution in [2.75, 3.05) is 0 Å². The van der Waals surface area contributed by atoms with Gasteiger partial charge in [0.05, 0.1) is 11.7 Å². The van der Waals surface area contributed by atoms with Gasteiger partial charge in [0.25, 0.3) is 0 Å². The van der Waals surface area contributed by atoms with Gasteiger partial charge in [0.2, 0.25) is 0 Å². The minimum absolute atomic E-state index is 0.0892. The van der Waals surface area contributed by atoms with Crippen molar-refractivity contribution in [1.82, 2.24) is 0 Å². The molecule has 0 aromatic heterocycles. The summed E-state index contributed by atoms with van der Waals surface area (Å²) < 4.78 is 0. The third kappa shape index (κ3) is 3.33. The Morgan fingerprint density at radius 1 is 1.18 bits per heavy atom. The van der Waals surface area contributed by atoms with Gasteiger partial charge in [-0.05, 0) is 75.2 Å². The lowest BCUT2D eigenvalue weighted by atomic mass is 9.67. The second kappa shape index (κ2) is 6.49. The van der Waals surface area contributed by atoms with E-state index in [2.05, 4.69) is 39.8 Å². The molecule has 0 radical (unpaired) electrons. The first kappa shape index (κ1) is 17.7. The molecule has 2 N–H and O–H groups in total. The zero-order chi connectivity index (χ0) is 16.5. The molecule has 2 heteroatoms. The number of hydrogen-bond acceptors (Lipinski definition) is 2. The fraction of sp³-hybridized carbons (Fsp3) is 0.800. The van der Waals surface area contributed by atoms with E-state index in [1.807, 2.05) is 6.92 Å². The van der Waals surface area contributed by atoms with Crippen LogP contribution in [0.2, 0.25) is 0 Å². The minimum atomic E-state index is -0.647. The van der Waals surface area contributed by atoms with Crippen molar-refractivity contribution in [3.63, 3.8) is 0 Å². The molecular formula is C20H34O2. The third-order valence-electron chi connectivity index (χ3n) is 6.45. The van der Waals surface area contributed by atoms with Crippen LogP contribution in [0, 0.1) is 17.3 Å². The molecule has 0 saturated heterocycles. The summed E-state index contributed by atoms with van der Waals surface area (Å²) in [5.74, 6) is 0.381. The summed E-state index contributed by atoms with van der Waals surface area (Å²) in [7, 11) is 0. The maximum absolute atomic E-state index is 11.3. The summed E-state index contributed by atoms with van der Waals surface area (Å²) in [6, 6.07) is 0. The third-order valence-corrected chi connectivity index (χ3v) is 6.45. The fourth-order valence-electron chi connectivity index (χ4n) is 4.44. The Balaban J connectivity index is 2.39. The van der Waals surface area contributed by atoms with Gasteiger partial charge < -0.3 is 10.2 Å². The fourth-order valence-corrected chi connectivity index (χ4v) is 4.44. The van der Waals surface area contributed by atoms with E-state index >= 15 is 0 Å². The standard InChI is InChI=1S/C20H34O2/c1-14(2)20(22)12-11-19(5)10-9-15(3)7-6-8-16(4)17(21)13-18(19)20/h8-9,14,17-18,21-22H,6-7,10-13H2,1-5H3/b15-9+,16-8+/t17-,18-,19+,20-/m1/s1. The van der Waals surface area contributed by atoms with Crippen molar-refractivity contribution in [2.45, 2.75) is 84.8 Å². The normalized spacial score (nSPS) is 45.5. The van der Waals surface area contributed by atoms with Crippen LogP contribution in [-0.2, 0) is 0 Å². The molecule has 126 valence electrons. The maximum Gasteiger partial charge on any atom is 0.0751 e. The smallest absolute Gasteiger partial charge is 0.0751 e. The van der Waals surface area contributed by atoms with Gasteiger partial charge >= 0.3 is 0 Å². The van der Waals surface area contributed by atoms with Crippen LogP contribution in [0.5, 0.6) is 0 Å². The molecule has 0 aromatic carbocycles. The first-order valence-corrected chi connectivity index (χ1v) is 8.92. The van der Waals surface area contributed by atoms with Crippen LogP contribution in [-0.4, -0.2) is 21.9 Å². The molecule has 0 heterocycles. The van der Waals surface area contributed by atoms with Crippen molar-refractivity contribution in [3.8, 4) is 0 Å². The molecule has 0 aromatic rings. The van der Waals surface area contributed by atoms with Gasteiger partial charge in [-0.3, -0.25) is 0 Å². The van der Waals surface area contributed by atoms with Gasteiger partial charge in [-0.15, -0.1) is 0 Å². The Labute approximate surface area is 136 Å². The first-order chi connectivity index (χ1) is 10.2. The summed E-state index contributed by atoms with van der Waals surface area (Å²) in [4.78, 5) is 0. The predicted molar refractivity (Wildman–Crippen MR) is 92.6 cm³/mol. The van der Waals surface area contributed by atoms with E-state index in [0.717, 1.165) is 37.7 Å². The van der Waals surface area contributed by atoms with E-state index in [4.69, 9.17) is 0 Å². The summed E-state index contributed by atoms with van der Waals surface area (Å²) in [6.07, 6.45) is 9.80. The van der Waals surface area contributed by atoms with Crippen LogP contribution >= 0.6 is 0 Å². The molecule has 2 aliphatic carbocycles. The van der Waals surface area contributed by atoms with E-state index in [1.54, 1.807) is 0 Å². The molecule has 0 bridgehead atoms. The van der Waals surface area contributed by atoms with Crippen LogP contribution in [0.4, 0.5) is 0 Å². The Morgan fingerprint density at radius 3 is 2.50 bits per heavy atom. The van der Waals surface area contributed by atoms with Gasteiger partial charge in [0, 0.05) is 0 Å². The summed E-state index contributed by atoms with van der Waals surface area (Å²) in [5, 5.41) is 21.9. The lowest BCUT2D eigenvalue weighted by Gasteiger charge is -2.42. The van der Waals surface area contributed by atoms with Crippen molar-refractivity contribution < 1.29 is 10.2 Å². The number of aliphatic hydroxyl groups is 2. The van der Waals surface area contributed by atoms with Gasteiger partial charge in [-0.25, -0.2) is 0 Å². The highest BCUT2D eigenvalue weighted by atomic mass is 16.3. The molecule has 1 fully saturated rings. The Morgan fingerprint density at radius 2 is 1.86 bits per heavy atom. The van der Waals surface area contributed by atoms with Crippen LogP contribution in [0.15, 0.2) is 23.3 Å². The van der Waals surface area contributed by atoms with Gasteiger partial charge in [-0.1, -0.05) is 38.5 Å². The minimum Gasteiger partial charge on any atom is -0.389 e. The molecule has 2 nitrogen and oxygen atoms in total. The molecule has 4 atom stereocenters. The van der Waals surface area contributed by atoms with Crippen LogP contribution in [0.3, 0.4) is 0 Å².